The maximum absolute atomic E-state index is 11.3. The van der Waals surface area contributed by atoms with Crippen molar-refractivity contribution in [2.24, 2.45) is 0 Å². The Bertz CT molecular complexity index is 574. The Morgan fingerprint density at radius 1 is 1.19 bits per heavy atom. The first-order valence-corrected chi connectivity index (χ1v) is 7.36. The third-order valence-corrected chi connectivity index (χ3v) is 3.21. The molecule has 1 heterocycles. The monoisotopic (exact) mass is 286 g/mol. The second kappa shape index (κ2) is 7.47. The molecule has 0 saturated carbocycles. The van der Waals surface area contributed by atoms with Gasteiger partial charge in [0, 0.05) is 36.7 Å². The zero-order chi connectivity index (χ0) is 15.1. The van der Waals surface area contributed by atoms with E-state index in [4.69, 9.17) is 0 Å². The summed E-state index contributed by atoms with van der Waals surface area (Å²) in [5, 5.41) is 6.18. The van der Waals surface area contributed by atoms with Crippen LogP contribution in [0.5, 0.6) is 0 Å². The molecule has 5 nitrogen and oxygen atoms in total. The average molecular weight is 286 g/mol. The van der Waals surface area contributed by atoms with Crippen molar-refractivity contribution in [1.82, 2.24) is 9.55 Å². The second-order valence-electron chi connectivity index (χ2n) is 4.87. The smallest absolute Gasteiger partial charge is 0.224 e. The van der Waals surface area contributed by atoms with Crippen LogP contribution < -0.4 is 10.6 Å². The SMILES string of the molecule is CCCn1ccnc1CNc1ccc(NC(=O)CC)cc1. The van der Waals surface area contributed by atoms with Gasteiger partial charge in [-0.15, -0.1) is 0 Å². The Balaban J connectivity index is 1.91. The number of imidazole rings is 1. The maximum Gasteiger partial charge on any atom is 0.224 e. The summed E-state index contributed by atoms with van der Waals surface area (Å²) in [6, 6.07) is 7.71. The molecule has 0 aliphatic heterocycles. The van der Waals surface area contributed by atoms with Gasteiger partial charge in [-0.1, -0.05) is 13.8 Å². The third-order valence-electron chi connectivity index (χ3n) is 3.21. The molecule has 1 aromatic carbocycles. The lowest BCUT2D eigenvalue weighted by Crippen LogP contribution is -2.10. The lowest BCUT2D eigenvalue weighted by molar-refractivity contribution is -0.115. The van der Waals surface area contributed by atoms with Gasteiger partial charge in [-0.2, -0.15) is 0 Å². The molecule has 2 N–H and O–H groups in total. The number of anilines is 2. The first kappa shape index (κ1) is 15.1. The zero-order valence-corrected chi connectivity index (χ0v) is 12.6. The van der Waals surface area contributed by atoms with Gasteiger partial charge < -0.3 is 15.2 Å². The summed E-state index contributed by atoms with van der Waals surface area (Å²) in [7, 11) is 0. The largest absolute Gasteiger partial charge is 0.378 e. The van der Waals surface area contributed by atoms with Crippen LogP contribution in [-0.4, -0.2) is 15.5 Å². The predicted molar refractivity (Wildman–Crippen MR) is 85.2 cm³/mol. The molecule has 112 valence electrons. The number of carbonyl (C=O) groups excluding carboxylic acids is 1. The number of aromatic nitrogens is 2. The molecule has 0 aliphatic rings. The third kappa shape index (κ3) is 4.34. The van der Waals surface area contributed by atoms with E-state index in [1.165, 1.54) is 0 Å². The first-order valence-electron chi connectivity index (χ1n) is 7.36. The van der Waals surface area contributed by atoms with Crippen LogP contribution in [0.25, 0.3) is 0 Å². The van der Waals surface area contributed by atoms with Crippen LogP contribution in [0.15, 0.2) is 36.7 Å². The van der Waals surface area contributed by atoms with Crippen molar-refractivity contribution in [2.75, 3.05) is 10.6 Å². The highest BCUT2D eigenvalue weighted by Gasteiger charge is 2.02. The van der Waals surface area contributed by atoms with Crippen molar-refractivity contribution in [2.45, 2.75) is 39.8 Å². The van der Waals surface area contributed by atoms with Crippen molar-refractivity contribution >= 4 is 17.3 Å². The fraction of sp³-hybridized carbons (Fsp3) is 0.375. The topological polar surface area (TPSA) is 59.0 Å². The molecule has 1 aromatic heterocycles. The Kier molecular flexibility index (Phi) is 5.37. The summed E-state index contributed by atoms with van der Waals surface area (Å²) in [5.41, 5.74) is 1.83. The van der Waals surface area contributed by atoms with Crippen molar-refractivity contribution in [3.8, 4) is 0 Å². The molecule has 0 radical (unpaired) electrons. The maximum atomic E-state index is 11.3. The molecule has 0 atom stereocenters. The van der Waals surface area contributed by atoms with E-state index in [-0.39, 0.29) is 5.91 Å². The van der Waals surface area contributed by atoms with E-state index in [1.54, 1.807) is 0 Å². The average Bonchev–Trinajstić information content (AvgIpc) is 2.94. The van der Waals surface area contributed by atoms with Gasteiger partial charge in [0.05, 0.1) is 6.54 Å². The first-order chi connectivity index (χ1) is 10.2. The Morgan fingerprint density at radius 2 is 1.90 bits per heavy atom. The molecule has 0 bridgehead atoms. The molecule has 2 rings (SSSR count). The van der Waals surface area contributed by atoms with E-state index in [2.05, 4.69) is 27.1 Å². The molecule has 1 amide bonds. The van der Waals surface area contributed by atoms with E-state index in [9.17, 15) is 4.79 Å². The Hall–Kier alpha value is -2.30. The molecule has 21 heavy (non-hydrogen) atoms. The molecule has 2 aromatic rings. The highest BCUT2D eigenvalue weighted by Crippen LogP contribution is 2.14. The number of benzene rings is 1. The van der Waals surface area contributed by atoms with Gasteiger partial charge in [0.1, 0.15) is 5.82 Å². The lowest BCUT2D eigenvalue weighted by atomic mass is 10.2. The molecular weight excluding hydrogens is 264 g/mol. The molecule has 0 saturated heterocycles. The minimum Gasteiger partial charge on any atom is -0.378 e. The lowest BCUT2D eigenvalue weighted by Gasteiger charge is -2.10. The number of aryl methyl sites for hydroxylation is 1. The highest BCUT2D eigenvalue weighted by atomic mass is 16.1. The van der Waals surface area contributed by atoms with E-state index >= 15 is 0 Å². The zero-order valence-electron chi connectivity index (χ0n) is 12.6. The van der Waals surface area contributed by atoms with Crippen LogP contribution in [0.4, 0.5) is 11.4 Å². The molecule has 0 fully saturated rings. The molecule has 5 heteroatoms. The van der Waals surface area contributed by atoms with Gasteiger partial charge in [-0.05, 0) is 30.7 Å². The standard InChI is InChI=1S/C16H22N4O/c1-3-10-20-11-9-17-15(20)12-18-13-5-7-14(8-6-13)19-16(21)4-2/h5-9,11,18H,3-4,10,12H2,1-2H3,(H,19,21). The van der Waals surface area contributed by atoms with Crippen LogP contribution in [0, 0.1) is 0 Å². The fourth-order valence-corrected chi connectivity index (χ4v) is 2.05. The van der Waals surface area contributed by atoms with Gasteiger partial charge in [0.15, 0.2) is 0 Å². The summed E-state index contributed by atoms with van der Waals surface area (Å²) in [6.07, 6.45) is 5.41. The number of nitrogens with one attached hydrogen (secondary N) is 2. The van der Waals surface area contributed by atoms with Crippen LogP contribution in [0.1, 0.15) is 32.5 Å². The quantitative estimate of drug-likeness (QED) is 0.821. The van der Waals surface area contributed by atoms with Crippen molar-refractivity contribution in [3.63, 3.8) is 0 Å². The number of rotatable bonds is 7. The highest BCUT2D eigenvalue weighted by molar-refractivity contribution is 5.90. The second-order valence-corrected chi connectivity index (χ2v) is 4.87. The van der Waals surface area contributed by atoms with Crippen molar-refractivity contribution in [1.29, 1.82) is 0 Å². The van der Waals surface area contributed by atoms with E-state index in [0.29, 0.717) is 13.0 Å². The van der Waals surface area contributed by atoms with Gasteiger partial charge in [0.25, 0.3) is 0 Å². The molecule has 0 unspecified atom stereocenters. The summed E-state index contributed by atoms with van der Waals surface area (Å²) in [5.74, 6) is 1.05. The molecule has 0 aliphatic carbocycles. The molecular formula is C16H22N4O. The van der Waals surface area contributed by atoms with E-state index < -0.39 is 0 Å². The normalized spacial score (nSPS) is 10.4. The molecule has 0 spiro atoms. The summed E-state index contributed by atoms with van der Waals surface area (Å²) in [6.45, 7) is 5.66. The Labute approximate surface area is 125 Å². The van der Waals surface area contributed by atoms with Gasteiger partial charge in [-0.25, -0.2) is 4.98 Å². The number of carbonyl (C=O) groups is 1. The summed E-state index contributed by atoms with van der Waals surface area (Å²) >= 11 is 0. The number of nitrogens with zero attached hydrogens (tertiary/aromatic N) is 2. The predicted octanol–water partition coefficient (Wildman–Crippen LogP) is 3.25. The van der Waals surface area contributed by atoms with E-state index in [0.717, 1.165) is 30.2 Å². The minimum atomic E-state index is 0.0253. The number of amides is 1. The van der Waals surface area contributed by atoms with Gasteiger partial charge >= 0.3 is 0 Å². The van der Waals surface area contributed by atoms with Crippen molar-refractivity contribution < 1.29 is 4.79 Å². The van der Waals surface area contributed by atoms with Crippen LogP contribution in [0.3, 0.4) is 0 Å². The van der Waals surface area contributed by atoms with Gasteiger partial charge in [-0.3, -0.25) is 4.79 Å². The number of hydrogen-bond donors (Lipinski definition) is 2. The van der Waals surface area contributed by atoms with Crippen molar-refractivity contribution in [3.05, 3.63) is 42.5 Å². The fourth-order valence-electron chi connectivity index (χ4n) is 2.05. The van der Waals surface area contributed by atoms with E-state index in [1.807, 2.05) is 43.6 Å². The number of hydrogen-bond acceptors (Lipinski definition) is 3. The van der Waals surface area contributed by atoms with Crippen LogP contribution >= 0.6 is 0 Å². The summed E-state index contributed by atoms with van der Waals surface area (Å²) < 4.78 is 2.16. The Morgan fingerprint density at radius 3 is 2.57 bits per heavy atom. The van der Waals surface area contributed by atoms with Gasteiger partial charge in [0.2, 0.25) is 5.91 Å². The van der Waals surface area contributed by atoms with Crippen LogP contribution in [0.2, 0.25) is 0 Å². The van der Waals surface area contributed by atoms with Crippen LogP contribution in [-0.2, 0) is 17.9 Å². The minimum absolute atomic E-state index is 0.0253. The summed E-state index contributed by atoms with van der Waals surface area (Å²) in [4.78, 5) is 15.7.